The van der Waals surface area contributed by atoms with Crippen LogP contribution in [0.15, 0.2) is 24.3 Å². The van der Waals surface area contributed by atoms with Crippen molar-refractivity contribution >= 4 is 17.4 Å². The highest BCUT2D eigenvalue weighted by molar-refractivity contribution is 5.94. The minimum atomic E-state index is 0.0612. The largest absolute Gasteiger partial charge is 0.494 e. The number of rotatable bonds is 18. The number of hydrogen-bond donors (Lipinski definition) is 5. The zero-order valence-electron chi connectivity index (χ0n) is 17.8. The Balaban J connectivity index is 1.90. The van der Waals surface area contributed by atoms with E-state index in [9.17, 15) is 0 Å². The third-order valence-corrected chi connectivity index (χ3v) is 4.98. The third-order valence-electron chi connectivity index (χ3n) is 4.98. The summed E-state index contributed by atoms with van der Waals surface area (Å²) in [5.41, 5.74) is 12.3. The molecular formula is C23H39N5O. The van der Waals surface area contributed by atoms with Crippen molar-refractivity contribution in [3.05, 3.63) is 29.8 Å². The molecule has 6 heteroatoms. The van der Waals surface area contributed by atoms with Gasteiger partial charge in [0.05, 0.1) is 12.4 Å². The molecule has 0 spiro atoms. The highest BCUT2D eigenvalue weighted by Crippen LogP contribution is 2.14. The van der Waals surface area contributed by atoms with Gasteiger partial charge in [-0.25, -0.2) is 0 Å². The molecule has 6 nitrogen and oxygen atoms in total. The van der Waals surface area contributed by atoms with Crippen LogP contribution in [-0.4, -0.2) is 24.0 Å². The van der Waals surface area contributed by atoms with Gasteiger partial charge >= 0.3 is 0 Å². The van der Waals surface area contributed by atoms with E-state index in [2.05, 4.69) is 0 Å². The van der Waals surface area contributed by atoms with Gasteiger partial charge in [0.2, 0.25) is 0 Å². The maximum atomic E-state index is 8.07. The van der Waals surface area contributed by atoms with Crippen LogP contribution in [0, 0.1) is 16.2 Å². The smallest absolute Gasteiger partial charge is 0.122 e. The predicted octanol–water partition coefficient (Wildman–Crippen LogP) is 5.38. The first kappa shape index (κ1) is 24.7. The van der Waals surface area contributed by atoms with Gasteiger partial charge in [-0.15, -0.1) is 0 Å². The van der Waals surface area contributed by atoms with Gasteiger partial charge in [-0.05, 0) is 56.4 Å². The van der Waals surface area contributed by atoms with Crippen molar-refractivity contribution in [3.63, 3.8) is 0 Å². The van der Waals surface area contributed by atoms with E-state index in [0.717, 1.165) is 50.0 Å². The number of nitrogen functional groups attached to an aromatic ring is 1. The molecule has 0 saturated carbocycles. The Morgan fingerprint density at radius 2 is 1.14 bits per heavy atom. The van der Waals surface area contributed by atoms with Gasteiger partial charge in [0.25, 0.3) is 0 Å². The first-order valence-corrected chi connectivity index (χ1v) is 11.0. The molecule has 0 radical (unpaired) electrons. The summed E-state index contributed by atoms with van der Waals surface area (Å²) in [7, 11) is 0. The molecule has 0 saturated heterocycles. The molecule has 1 rings (SSSR count). The van der Waals surface area contributed by atoms with Crippen LogP contribution in [0.25, 0.3) is 0 Å². The van der Waals surface area contributed by atoms with Gasteiger partial charge in [0.1, 0.15) is 11.6 Å². The Kier molecular flexibility index (Phi) is 13.2. The maximum Gasteiger partial charge on any atom is 0.122 e. The van der Waals surface area contributed by atoms with Crippen molar-refractivity contribution < 1.29 is 4.74 Å². The molecule has 0 aromatic heterocycles. The van der Waals surface area contributed by atoms with Gasteiger partial charge in [0.15, 0.2) is 0 Å². The highest BCUT2D eigenvalue weighted by Gasteiger charge is 2.01. The van der Waals surface area contributed by atoms with Crippen molar-refractivity contribution in [3.8, 4) is 5.75 Å². The zero-order chi connectivity index (χ0) is 21.3. The summed E-state index contributed by atoms with van der Waals surface area (Å²) >= 11 is 0. The lowest BCUT2D eigenvalue weighted by Crippen LogP contribution is -2.10. The van der Waals surface area contributed by atoms with E-state index in [-0.39, 0.29) is 5.84 Å². The van der Waals surface area contributed by atoms with Crippen LogP contribution in [0.2, 0.25) is 0 Å². The minimum absolute atomic E-state index is 0.0612. The first-order chi connectivity index (χ1) is 14.0. The number of nitrogens with two attached hydrogens (primary N) is 2. The summed E-state index contributed by atoms with van der Waals surface area (Å²) in [6.07, 6.45) is 14.2. The van der Waals surface area contributed by atoms with Gasteiger partial charge in [-0.1, -0.05) is 44.9 Å². The van der Waals surface area contributed by atoms with E-state index in [1.165, 1.54) is 44.9 Å². The molecule has 0 heterocycles. The van der Waals surface area contributed by atoms with Crippen LogP contribution < -0.4 is 16.2 Å². The average Bonchev–Trinajstić information content (AvgIpc) is 2.69. The Morgan fingerprint density at radius 3 is 1.66 bits per heavy atom. The molecule has 7 N–H and O–H groups in total. The molecule has 1 aromatic rings. The fourth-order valence-electron chi connectivity index (χ4n) is 3.22. The number of ether oxygens (including phenoxy) is 1. The third kappa shape index (κ3) is 13.4. The van der Waals surface area contributed by atoms with E-state index in [4.69, 9.17) is 32.4 Å². The van der Waals surface area contributed by atoms with Crippen molar-refractivity contribution in [2.45, 2.75) is 83.5 Å². The molecule has 0 aliphatic carbocycles. The monoisotopic (exact) mass is 401 g/mol. The highest BCUT2D eigenvalue weighted by atomic mass is 16.5. The second-order valence-electron chi connectivity index (χ2n) is 7.70. The lowest BCUT2D eigenvalue weighted by molar-refractivity contribution is 0.313. The number of nitrogens with one attached hydrogen (secondary N) is 3. The molecule has 0 aliphatic heterocycles. The fourth-order valence-corrected chi connectivity index (χ4v) is 3.22. The Bertz CT molecular complexity index is 612. The topological polar surface area (TPSA) is 133 Å². The lowest BCUT2D eigenvalue weighted by Gasteiger charge is -2.08. The van der Waals surface area contributed by atoms with Crippen molar-refractivity contribution in [1.29, 1.82) is 16.2 Å². The maximum absolute atomic E-state index is 8.07. The van der Waals surface area contributed by atoms with Gasteiger partial charge < -0.3 is 21.6 Å². The summed E-state index contributed by atoms with van der Waals surface area (Å²) in [6.45, 7) is 0.605. The SMILES string of the molecule is N=C(N)CCCCCCCCCCCC(=N)CCCOc1ccc(C(=N)N)cc1. The van der Waals surface area contributed by atoms with Crippen LogP contribution >= 0.6 is 0 Å². The molecule has 0 fully saturated rings. The molecule has 162 valence electrons. The van der Waals surface area contributed by atoms with Crippen molar-refractivity contribution in [2.75, 3.05) is 6.61 Å². The van der Waals surface area contributed by atoms with Crippen LogP contribution in [0.5, 0.6) is 5.75 Å². The van der Waals surface area contributed by atoms with Crippen LogP contribution in [-0.2, 0) is 0 Å². The quantitative estimate of drug-likeness (QED) is 0.128. The summed E-state index contributed by atoms with van der Waals surface area (Å²) in [5.74, 6) is 1.15. The molecule has 0 amide bonds. The van der Waals surface area contributed by atoms with Crippen molar-refractivity contribution in [1.82, 2.24) is 0 Å². The molecule has 0 atom stereocenters. The van der Waals surface area contributed by atoms with E-state index >= 15 is 0 Å². The van der Waals surface area contributed by atoms with Gasteiger partial charge in [-0.2, -0.15) is 0 Å². The predicted molar refractivity (Wildman–Crippen MR) is 123 cm³/mol. The summed E-state index contributed by atoms with van der Waals surface area (Å²) in [6, 6.07) is 7.23. The Morgan fingerprint density at radius 1 is 0.655 bits per heavy atom. The molecule has 1 aromatic carbocycles. The van der Waals surface area contributed by atoms with E-state index < -0.39 is 0 Å². The van der Waals surface area contributed by atoms with Crippen LogP contribution in [0.4, 0.5) is 0 Å². The number of benzene rings is 1. The normalized spacial score (nSPS) is 10.6. The molecule has 0 unspecified atom stereocenters. The number of unbranched alkanes of at least 4 members (excludes halogenated alkanes) is 8. The molecular weight excluding hydrogens is 362 g/mol. The van der Waals surface area contributed by atoms with Gasteiger partial charge in [-0.3, -0.25) is 10.8 Å². The fraction of sp³-hybridized carbons (Fsp3) is 0.609. The van der Waals surface area contributed by atoms with E-state index in [1.807, 2.05) is 12.1 Å². The van der Waals surface area contributed by atoms with Crippen molar-refractivity contribution in [2.24, 2.45) is 11.5 Å². The molecule has 0 aliphatic rings. The standard InChI is InChI=1S/C23H39N5O/c24-20(11-8-6-4-2-1-3-5-7-9-13-22(25)26)12-10-18-29-21-16-14-19(15-17-21)23(27)28/h14-17,24H,1-13,18H2,(H3,25,26)(H3,27,28). The second-order valence-corrected chi connectivity index (χ2v) is 7.70. The first-order valence-electron chi connectivity index (χ1n) is 11.0. The number of amidine groups is 2. The molecule has 29 heavy (non-hydrogen) atoms. The average molecular weight is 402 g/mol. The van der Waals surface area contributed by atoms with Crippen LogP contribution in [0.3, 0.4) is 0 Å². The van der Waals surface area contributed by atoms with E-state index in [1.54, 1.807) is 12.1 Å². The minimum Gasteiger partial charge on any atom is -0.494 e. The second kappa shape index (κ2) is 15.5. The lowest BCUT2D eigenvalue weighted by atomic mass is 10.0. The van der Waals surface area contributed by atoms with Crippen LogP contribution in [0.1, 0.15) is 89.0 Å². The van der Waals surface area contributed by atoms with E-state index in [0.29, 0.717) is 18.0 Å². The van der Waals surface area contributed by atoms with Gasteiger partial charge in [0, 0.05) is 17.7 Å². The summed E-state index contributed by atoms with van der Waals surface area (Å²) in [4.78, 5) is 0. The Labute approximate surface area is 175 Å². The molecule has 0 bridgehead atoms. The Hall–Kier alpha value is -2.37. The zero-order valence-corrected chi connectivity index (χ0v) is 17.8. The summed E-state index contributed by atoms with van der Waals surface area (Å²) < 4.78 is 5.68. The number of hydrogen-bond acceptors (Lipinski definition) is 4. The summed E-state index contributed by atoms with van der Waals surface area (Å²) in [5, 5.41) is 22.6.